The predicted octanol–water partition coefficient (Wildman–Crippen LogP) is 1.65. The standard InChI is InChI=1S/C13H17NO4S2/c1-10-8-14(5-6-19-10)20(17,18)9-11-3-2-4-12(7-11)13(15)16/h2-4,7,10H,5-6,8-9H2,1H3,(H,15,16). The van der Waals surface area contributed by atoms with Crippen LogP contribution in [-0.2, 0) is 15.8 Å². The zero-order valence-corrected chi connectivity index (χ0v) is 12.8. The van der Waals surface area contributed by atoms with Gasteiger partial charge in [-0.1, -0.05) is 19.1 Å². The van der Waals surface area contributed by atoms with E-state index in [1.54, 1.807) is 23.9 Å². The number of aromatic carboxylic acids is 1. The van der Waals surface area contributed by atoms with E-state index in [0.717, 1.165) is 5.75 Å². The summed E-state index contributed by atoms with van der Waals surface area (Å²) in [6.07, 6.45) is 0. The molecule has 1 aliphatic heterocycles. The molecule has 1 unspecified atom stereocenters. The second kappa shape index (κ2) is 6.15. The Morgan fingerprint density at radius 2 is 2.25 bits per heavy atom. The zero-order valence-electron chi connectivity index (χ0n) is 11.2. The molecule has 20 heavy (non-hydrogen) atoms. The van der Waals surface area contributed by atoms with Crippen molar-refractivity contribution in [2.45, 2.75) is 17.9 Å². The predicted molar refractivity (Wildman–Crippen MR) is 79.5 cm³/mol. The van der Waals surface area contributed by atoms with Crippen molar-refractivity contribution < 1.29 is 18.3 Å². The SMILES string of the molecule is CC1CN(S(=O)(=O)Cc2cccc(C(=O)O)c2)CCS1. The third-order valence-electron chi connectivity index (χ3n) is 3.12. The van der Waals surface area contributed by atoms with Gasteiger partial charge in [0.25, 0.3) is 0 Å². The zero-order chi connectivity index (χ0) is 14.8. The van der Waals surface area contributed by atoms with Gasteiger partial charge in [0, 0.05) is 24.1 Å². The van der Waals surface area contributed by atoms with Crippen molar-refractivity contribution in [3.05, 3.63) is 35.4 Å². The van der Waals surface area contributed by atoms with Gasteiger partial charge in [0.05, 0.1) is 11.3 Å². The number of nitrogens with zero attached hydrogens (tertiary/aromatic N) is 1. The van der Waals surface area contributed by atoms with E-state index >= 15 is 0 Å². The van der Waals surface area contributed by atoms with Gasteiger partial charge < -0.3 is 5.11 Å². The third-order valence-corrected chi connectivity index (χ3v) is 6.07. The normalized spacial score (nSPS) is 20.8. The van der Waals surface area contributed by atoms with Crippen molar-refractivity contribution in [2.24, 2.45) is 0 Å². The molecule has 1 N–H and O–H groups in total. The molecule has 1 heterocycles. The molecule has 0 radical (unpaired) electrons. The van der Waals surface area contributed by atoms with Gasteiger partial charge in [0.15, 0.2) is 0 Å². The molecular weight excluding hydrogens is 298 g/mol. The molecule has 0 saturated carbocycles. The fraction of sp³-hybridized carbons (Fsp3) is 0.462. The van der Waals surface area contributed by atoms with Gasteiger partial charge in [-0.25, -0.2) is 13.2 Å². The molecule has 1 aliphatic rings. The number of rotatable bonds is 4. The summed E-state index contributed by atoms with van der Waals surface area (Å²) < 4.78 is 26.2. The lowest BCUT2D eigenvalue weighted by Gasteiger charge is -2.29. The molecule has 0 spiro atoms. The highest BCUT2D eigenvalue weighted by Crippen LogP contribution is 2.22. The van der Waals surface area contributed by atoms with Crippen molar-refractivity contribution in [1.82, 2.24) is 4.31 Å². The summed E-state index contributed by atoms with van der Waals surface area (Å²) in [6, 6.07) is 6.09. The second-order valence-corrected chi connectivity index (χ2v) is 8.32. The number of thioether (sulfide) groups is 1. The van der Waals surface area contributed by atoms with E-state index < -0.39 is 16.0 Å². The van der Waals surface area contributed by atoms with Gasteiger partial charge in [0.2, 0.25) is 10.0 Å². The Balaban J connectivity index is 2.15. The van der Waals surface area contributed by atoms with E-state index in [2.05, 4.69) is 0 Å². The maximum absolute atomic E-state index is 12.4. The average molecular weight is 315 g/mol. The summed E-state index contributed by atoms with van der Waals surface area (Å²) in [5, 5.41) is 9.22. The Labute approximate surface area is 123 Å². The summed E-state index contributed by atoms with van der Waals surface area (Å²) in [6.45, 7) is 3.05. The first-order valence-electron chi connectivity index (χ1n) is 6.30. The Bertz CT molecular complexity index is 600. The Kier molecular flexibility index (Phi) is 4.72. The average Bonchev–Trinajstić information content (AvgIpc) is 2.38. The van der Waals surface area contributed by atoms with E-state index in [0.29, 0.717) is 23.9 Å². The molecule has 0 aromatic heterocycles. The maximum atomic E-state index is 12.4. The minimum atomic E-state index is -3.38. The molecule has 7 heteroatoms. The molecule has 0 aliphatic carbocycles. The Hall–Kier alpha value is -1.05. The molecular formula is C13H17NO4S2. The third kappa shape index (κ3) is 3.74. The number of carboxylic acid groups (broad SMARTS) is 1. The van der Waals surface area contributed by atoms with Crippen molar-refractivity contribution >= 4 is 27.8 Å². The van der Waals surface area contributed by atoms with Gasteiger partial charge in [-0.05, 0) is 17.7 Å². The van der Waals surface area contributed by atoms with Gasteiger partial charge in [0.1, 0.15) is 0 Å². The first-order chi connectivity index (χ1) is 9.38. The van der Waals surface area contributed by atoms with Crippen LogP contribution in [0.2, 0.25) is 0 Å². The van der Waals surface area contributed by atoms with Crippen molar-refractivity contribution in [3.63, 3.8) is 0 Å². The van der Waals surface area contributed by atoms with E-state index in [4.69, 9.17) is 5.11 Å². The lowest BCUT2D eigenvalue weighted by molar-refractivity contribution is 0.0696. The van der Waals surface area contributed by atoms with E-state index in [-0.39, 0.29) is 11.3 Å². The van der Waals surface area contributed by atoms with Crippen LogP contribution >= 0.6 is 11.8 Å². The summed E-state index contributed by atoms with van der Waals surface area (Å²) in [7, 11) is -3.38. The molecule has 0 bridgehead atoms. The smallest absolute Gasteiger partial charge is 0.335 e. The summed E-state index contributed by atoms with van der Waals surface area (Å²) in [5.41, 5.74) is 0.621. The highest BCUT2D eigenvalue weighted by atomic mass is 32.2. The fourth-order valence-corrected chi connectivity index (χ4v) is 4.96. The van der Waals surface area contributed by atoms with Gasteiger partial charge in [-0.3, -0.25) is 0 Å². The molecule has 1 saturated heterocycles. The van der Waals surface area contributed by atoms with Crippen LogP contribution in [0.1, 0.15) is 22.8 Å². The molecule has 5 nitrogen and oxygen atoms in total. The summed E-state index contributed by atoms with van der Waals surface area (Å²) >= 11 is 1.77. The highest BCUT2D eigenvalue weighted by molar-refractivity contribution is 8.00. The topological polar surface area (TPSA) is 74.7 Å². The monoisotopic (exact) mass is 315 g/mol. The van der Waals surface area contributed by atoms with Gasteiger partial charge in [-0.15, -0.1) is 0 Å². The number of hydrogen-bond donors (Lipinski definition) is 1. The van der Waals surface area contributed by atoms with Crippen molar-refractivity contribution in [2.75, 3.05) is 18.8 Å². The number of benzene rings is 1. The van der Waals surface area contributed by atoms with E-state index in [9.17, 15) is 13.2 Å². The van der Waals surface area contributed by atoms with E-state index in [1.807, 2.05) is 6.92 Å². The Morgan fingerprint density at radius 3 is 2.90 bits per heavy atom. The van der Waals surface area contributed by atoms with Crippen LogP contribution in [0.15, 0.2) is 24.3 Å². The van der Waals surface area contributed by atoms with Crippen molar-refractivity contribution in [1.29, 1.82) is 0 Å². The minimum Gasteiger partial charge on any atom is -0.478 e. The number of carbonyl (C=O) groups is 1. The lowest BCUT2D eigenvalue weighted by Crippen LogP contribution is -2.41. The van der Waals surface area contributed by atoms with Gasteiger partial charge >= 0.3 is 5.97 Å². The fourth-order valence-electron chi connectivity index (χ4n) is 2.14. The first kappa shape index (κ1) is 15.3. The molecule has 2 rings (SSSR count). The lowest BCUT2D eigenvalue weighted by atomic mass is 10.1. The maximum Gasteiger partial charge on any atom is 0.335 e. The molecule has 1 aromatic carbocycles. The van der Waals surface area contributed by atoms with Crippen LogP contribution in [0.25, 0.3) is 0 Å². The molecule has 1 aromatic rings. The van der Waals surface area contributed by atoms with Crippen LogP contribution < -0.4 is 0 Å². The van der Waals surface area contributed by atoms with E-state index in [1.165, 1.54) is 16.4 Å². The summed E-state index contributed by atoms with van der Waals surface area (Å²) in [4.78, 5) is 10.9. The van der Waals surface area contributed by atoms with Crippen LogP contribution in [0, 0.1) is 0 Å². The molecule has 1 atom stereocenters. The molecule has 0 amide bonds. The van der Waals surface area contributed by atoms with Crippen molar-refractivity contribution in [3.8, 4) is 0 Å². The Morgan fingerprint density at radius 1 is 1.50 bits per heavy atom. The minimum absolute atomic E-state index is 0.111. The van der Waals surface area contributed by atoms with Crippen LogP contribution in [0.5, 0.6) is 0 Å². The van der Waals surface area contributed by atoms with Gasteiger partial charge in [-0.2, -0.15) is 16.1 Å². The van der Waals surface area contributed by atoms with Crippen LogP contribution in [-0.4, -0.2) is 47.9 Å². The molecule has 110 valence electrons. The highest BCUT2D eigenvalue weighted by Gasteiger charge is 2.27. The quantitative estimate of drug-likeness (QED) is 0.914. The summed E-state index contributed by atoms with van der Waals surface area (Å²) in [5.74, 6) is -0.395. The number of carboxylic acids is 1. The first-order valence-corrected chi connectivity index (χ1v) is 8.96. The number of hydrogen-bond acceptors (Lipinski definition) is 4. The second-order valence-electron chi connectivity index (χ2n) is 4.80. The van der Waals surface area contributed by atoms with Crippen LogP contribution in [0.4, 0.5) is 0 Å². The molecule has 1 fully saturated rings. The number of sulfonamides is 1. The van der Waals surface area contributed by atoms with Crippen LogP contribution in [0.3, 0.4) is 0 Å². The largest absolute Gasteiger partial charge is 0.478 e.